The van der Waals surface area contributed by atoms with Crippen LogP contribution in [0.5, 0.6) is 0 Å². The molecule has 8 nitrogen and oxygen atoms in total. The highest BCUT2D eigenvalue weighted by Crippen LogP contribution is 2.47. The Hall–Kier alpha value is -1.67. The predicted octanol–water partition coefficient (Wildman–Crippen LogP) is 2.02. The average molecular weight is 487 g/mol. The van der Waals surface area contributed by atoms with Crippen LogP contribution in [0.25, 0.3) is 0 Å². The van der Waals surface area contributed by atoms with Crippen LogP contribution in [0, 0.1) is 35.0 Å². The Morgan fingerprint density at radius 3 is 2.29 bits per heavy atom. The second kappa shape index (κ2) is 10.8. The molecule has 2 aliphatic heterocycles. The highest BCUT2D eigenvalue weighted by atomic mass is 16.2. The van der Waals surface area contributed by atoms with Crippen molar-refractivity contribution in [2.75, 3.05) is 39.3 Å². The molecule has 0 aromatic heterocycles. The van der Waals surface area contributed by atoms with Crippen molar-refractivity contribution in [1.29, 1.82) is 5.41 Å². The summed E-state index contributed by atoms with van der Waals surface area (Å²) < 4.78 is 0. The highest BCUT2D eigenvalue weighted by molar-refractivity contribution is 5.83. The van der Waals surface area contributed by atoms with E-state index in [9.17, 15) is 9.59 Å². The van der Waals surface area contributed by atoms with E-state index >= 15 is 0 Å². The third kappa shape index (κ3) is 5.10. The van der Waals surface area contributed by atoms with Crippen molar-refractivity contribution < 1.29 is 9.59 Å². The lowest BCUT2D eigenvalue weighted by molar-refractivity contribution is -0.142. The van der Waals surface area contributed by atoms with Crippen molar-refractivity contribution in [2.24, 2.45) is 41.1 Å². The normalized spacial score (nSPS) is 38.0. The molecular weight excluding hydrogens is 440 g/mol. The fourth-order valence-corrected chi connectivity index (χ4v) is 8.42. The topological polar surface area (TPSA) is 120 Å². The van der Waals surface area contributed by atoms with Gasteiger partial charge in [-0.1, -0.05) is 32.1 Å². The van der Waals surface area contributed by atoms with Gasteiger partial charge in [-0.2, -0.15) is 0 Å². The van der Waals surface area contributed by atoms with Gasteiger partial charge in [0.25, 0.3) is 0 Å². The lowest BCUT2D eigenvalue weighted by Crippen LogP contribution is -2.57. The van der Waals surface area contributed by atoms with E-state index < -0.39 is 0 Å². The molecule has 3 saturated carbocycles. The molecule has 0 aromatic carbocycles. The number of nitrogens with one attached hydrogen (secondary N) is 1. The van der Waals surface area contributed by atoms with E-state index in [0.29, 0.717) is 49.9 Å². The molecule has 35 heavy (non-hydrogen) atoms. The van der Waals surface area contributed by atoms with Crippen LogP contribution >= 0.6 is 0 Å². The Morgan fingerprint density at radius 2 is 1.54 bits per heavy atom. The second-order valence-electron chi connectivity index (χ2n) is 12.1. The van der Waals surface area contributed by atoms with Gasteiger partial charge >= 0.3 is 0 Å². The Labute approximate surface area is 210 Å². The summed E-state index contributed by atoms with van der Waals surface area (Å²) in [5.41, 5.74) is 11.5. The Morgan fingerprint density at radius 1 is 0.829 bits per heavy atom. The number of carbonyl (C=O) groups excluding carboxylic acids is 2. The molecule has 5 fully saturated rings. The maximum atomic E-state index is 13.9. The van der Waals surface area contributed by atoms with E-state index in [2.05, 4.69) is 4.90 Å². The van der Waals surface area contributed by atoms with E-state index in [4.69, 9.17) is 16.9 Å². The zero-order valence-electron chi connectivity index (χ0n) is 21.4. The molecule has 5 N–H and O–H groups in total. The summed E-state index contributed by atoms with van der Waals surface area (Å²) in [6, 6.07) is 0.312. The van der Waals surface area contributed by atoms with E-state index in [1.54, 1.807) is 4.90 Å². The first-order chi connectivity index (χ1) is 17.0. The van der Waals surface area contributed by atoms with E-state index in [0.717, 1.165) is 44.1 Å². The minimum absolute atomic E-state index is 0.0276. The van der Waals surface area contributed by atoms with Gasteiger partial charge in [0, 0.05) is 44.7 Å². The van der Waals surface area contributed by atoms with Gasteiger partial charge < -0.3 is 21.3 Å². The van der Waals surface area contributed by atoms with Crippen molar-refractivity contribution >= 4 is 17.6 Å². The standard InChI is InChI=1S/C27H46N6O2/c28-16-25(34)31-10-12-32(13-11-31)27(35)24-14-19-8-9-20(26(29)30)15-23(19)33(24)17-21-6-3-5-18-4-1-2-7-22(18)21/h18-24H,1-17,28H2,(H3,29,30). The zero-order chi connectivity index (χ0) is 24.5. The first-order valence-electron chi connectivity index (χ1n) is 14.3. The summed E-state index contributed by atoms with van der Waals surface area (Å²) in [4.78, 5) is 32.3. The number of amides is 2. The molecule has 2 amide bonds. The number of nitrogens with two attached hydrogens (primary N) is 2. The summed E-state index contributed by atoms with van der Waals surface area (Å²) >= 11 is 0. The van der Waals surface area contributed by atoms with Gasteiger partial charge in [-0.3, -0.25) is 19.9 Å². The van der Waals surface area contributed by atoms with Crippen molar-refractivity contribution in [1.82, 2.24) is 14.7 Å². The molecule has 3 aliphatic carbocycles. The van der Waals surface area contributed by atoms with E-state index in [1.807, 2.05) is 4.90 Å². The molecule has 0 radical (unpaired) electrons. The number of rotatable bonds is 5. The maximum Gasteiger partial charge on any atom is 0.240 e. The van der Waals surface area contributed by atoms with Gasteiger partial charge in [0.15, 0.2) is 0 Å². The van der Waals surface area contributed by atoms with Crippen molar-refractivity contribution in [2.45, 2.75) is 82.7 Å². The van der Waals surface area contributed by atoms with Crippen molar-refractivity contribution in [3.05, 3.63) is 0 Å². The average Bonchev–Trinajstić information content (AvgIpc) is 3.25. The van der Waals surface area contributed by atoms with Crippen molar-refractivity contribution in [3.63, 3.8) is 0 Å². The fraction of sp³-hybridized carbons (Fsp3) is 0.889. The number of amidine groups is 1. The van der Waals surface area contributed by atoms with Crippen LogP contribution in [0.15, 0.2) is 0 Å². The van der Waals surface area contributed by atoms with Crippen LogP contribution in [-0.2, 0) is 9.59 Å². The number of likely N-dealkylation sites (tertiary alicyclic amines) is 1. The molecule has 2 saturated heterocycles. The summed E-state index contributed by atoms with van der Waals surface area (Å²) in [6.45, 7) is 3.45. The quantitative estimate of drug-likeness (QED) is 0.406. The summed E-state index contributed by atoms with van der Waals surface area (Å²) in [6.07, 6.45) is 13.5. The third-order valence-corrected chi connectivity index (χ3v) is 10.3. The van der Waals surface area contributed by atoms with Gasteiger partial charge in [0.2, 0.25) is 11.8 Å². The monoisotopic (exact) mass is 486 g/mol. The minimum atomic E-state index is -0.0589. The summed E-state index contributed by atoms with van der Waals surface area (Å²) in [7, 11) is 0. The summed E-state index contributed by atoms with van der Waals surface area (Å²) in [5.74, 6) is 3.65. The minimum Gasteiger partial charge on any atom is -0.387 e. The van der Waals surface area contributed by atoms with E-state index in [-0.39, 0.29) is 30.3 Å². The number of carbonyl (C=O) groups is 2. The third-order valence-electron chi connectivity index (χ3n) is 10.3. The Bertz CT molecular complexity index is 795. The Balaban J connectivity index is 1.32. The van der Waals surface area contributed by atoms with Crippen LogP contribution < -0.4 is 11.5 Å². The van der Waals surface area contributed by atoms with Gasteiger partial charge in [0.05, 0.1) is 18.4 Å². The smallest absolute Gasteiger partial charge is 0.240 e. The van der Waals surface area contributed by atoms with Crippen LogP contribution in [0.3, 0.4) is 0 Å². The summed E-state index contributed by atoms with van der Waals surface area (Å²) in [5, 5.41) is 8.09. The number of hydrogen-bond donors (Lipinski definition) is 3. The molecule has 5 aliphatic rings. The van der Waals surface area contributed by atoms with E-state index in [1.165, 1.54) is 44.9 Å². The van der Waals surface area contributed by atoms with Crippen LogP contribution in [-0.4, -0.2) is 83.7 Å². The zero-order valence-corrected chi connectivity index (χ0v) is 21.4. The van der Waals surface area contributed by atoms with Crippen molar-refractivity contribution in [3.8, 4) is 0 Å². The highest BCUT2D eigenvalue weighted by Gasteiger charge is 2.50. The van der Waals surface area contributed by atoms with Crippen LogP contribution in [0.2, 0.25) is 0 Å². The number of nitrogens with zero attached hydrogens (tertiary/aromatic N) is 3. The first-order valence-corrected chi connectivity index (χ1v) is 14.3. The molecule has 2 heterocycles. The molecule has 8 heteroatoms. The van der Waals surface area contributed by atoms with Gasteiger partial charge in [-0.05, 0) is 62.2 Å². The maximum absolute atomic E-state index is 13.9. The van der Waals surface area contributed by atoms with Crippen LogP contribution in [0.4, 0.5) is 0 Å². The van der Waals surface area contributed by atoms with Gasteiger partial charge in [-0.15, -0.1) is 0 Å². The first kappa shape index (κ1) is 25.0. The molecular formula is C27H46N6O2. The molecule has 0 bridgehead atoms. The predicted molar refractivity (Wildman–Crippen MR) is 137 cm³/mol. The number of piperazine rings is 1. The molecule has 7 atom stereocenters. The molecule has 5 rings (SSSR count). The second-order valence-corrected chi connectivity index (χ2v) is 12.1. The lowest BCUT2D eigenvalue weighted by atomic mass is 9.65. The number of fused-ring (bicyclic) bond motifs is 2. The lowest BCUT2D eigenvalue weighted by Gasteiger charge is -2.46. The van der Waals surface area contributed by atoms with Gasteiger partial charge in [0.1, 0.15) is 0 Å². The molecule has 0 spiro atoms. The van der Waals surface area contributed by atoms with Crippen LogP contribution in [0.1, 0.15) is 70.6 Å². The largest absolute Gasteiger partial charge is 0.387 e. The Kier molecular flexibility index (Phi) is 7.68. The van der Waals surface area contributed by atoms with Gasteiger partial charge in [-0.25, -0.2) is 0 Å². The molecule has 0 aromatic rings. The fourth-order valence-electron chi connectivity index (χ4n) is 8.42. The number of hydrogen-bond acceptors (Lipinski definition) is 5. The molecule has 196 valence electrons. The SMILES string of the molecule is N=C(N)C1CCC2CC(C(=O)N3CCN(C(=O)CN)CC3)N(CC3CCCC4CCCCC43)C2C1. The molecule has 7 unspecified atom stereocenters.